The monoisotopic (exact) mass is 221 g/mol. The zero-order valence-electron chi connectivity index (χ0n) is 9.69. The van der Waals surface area contributed by atoms with E-state index in [2.05, 4.69) is 15.5 Å². The zero-order valence-corrected chi connectivity index (χ0v) is 9.69. The van der Waals surface area contributed by atoms with Gasteiger partial charge in [-0.2, -0.15) is 5.10 Å². The summed E-state index contributed by atoms with van der Waals surface area (Å²) in [7, 11) is 0. The standard InChI is InChI=1S/C12H19N3O/c1-9-6-7-12(15-14-9)13-11-5-3-2-4-10(11)8-16/h6-7,10-11,16H,2-5,8H2,1H3,(H,13,15). The van der Waals surface area contributed by atoms with Crippen LogP contribution in [0, 0.1) is 12.8 Å². The third kappa shape index (κ3) is 2.70. The SMILES string of the molecule is Cc1ccc(NC2CCCCC2CO)nn1. The molecule has 1 aromatic heterocycles. The molecule has 1 saturated carbocycles. The van der Waals surface area contributed by atoms with Crippen LogP contribution in [0.25, 0.3) is 0 Å². The second-order valence-corrected chi connectivity index (χ2v) is 4.54. The number of nitrogens with zero attached hydrogens (tertiary/aromatic N) is 2. The van der Waals surface area contributed by atoms with Gasteiger partial charge in [-0.3, -0.25) is 0 Å². The maximum Gasteiger partial charge on any atom is 0.148 e. The van der Waals surface area contributed by atoms with E-state index >= 15 is 0 Å². The predicted molar refractivity (Wildman–Crippen MR) is 63.2 cm³/mol. The third-order valence-electron chi connectivity index (χ3n) is 3.27. The largest absolute Gasteiger partial charge is 0.396 e. The molecular formula is C12H19N3O. The van der Waals surface area contributed by atoms with Crippen molar-refractivity contribution in [3.05, 3.63) is 17.8 Å². The highest BCUT2D eigenvalue weighted by Crippen LogP contribution is 2.26. The summed E-state index contributed by atoms with van der Waals surface area (Å²) >= 11 is 0. The average Bonchev–Trinajstić information content (AvgIpc) is 2.33. The first-order valence-electron chi connectivity index (χ1n) is 5.97. The van der Waals surface area contributed by atoms with Crippen LogP contribution < -0.4 is 5.32 Å². The molecule has 1 aliphatic rings. The second kappa shape index (κ2) is 5.25. The van der Waals surface area contributed by atoms with Crippen molar-refractivity contribution >= 4 is 5.82 Å². The number of aryl methyl sites for hydroxylation is 1. The fourth-order valence-electron chi connectivity index (χ4n) is 2.28. The summed E-state index contributed by atoms with van der Waals surface area (Å²) in [5.74, 6) is 1.17. The molecule has 1 heterocycles. The Hall–Kier alpha value is -1.16. The number of hydrogen-bond donors (Lipinski definition) is 2. The summed E-state index contributed by atoms with van der Waals surface area (Å²) < 4.78 is 0. The van der Waals surface area contributed by atoms with Gasteiger partial charge in [0.15, 0.2) is 0 Å². The van der Waals surface area contributed by atoms with Crippen LogP contribution >= 0.6 is 0 Å². The fourth-order valence-corrected chi connectivity index (χ4v) is 2.28. The van der Waals surface area contributed by atoms with Gasteiger partial charge in [-0.1, -0.05) is 12.8 Å². The van der Waals surface area contributed by atoms with Crippen LogP contribution in [0.2, 0.25) is 0 Å². The summed E-state index contributed by atoms with van der Waals surface area (Å²) in [4.78, 5) is 0. The van der Waals surface area contributed by atoms with Gasteiger partial charge in [-0.25, -0.2) is 0 Å². The van der Waals surface area contributed by atoms with Gasteiger partial charge in [0.1, 0.15) is 5.82 Å². The third-order valence-corrected chi connectivity index (χ3v) is 3.27. The number of anilines is 1. The molecule has 4 heteroatoms. The number of hydrogen-bond acceptors (Lipinski definition) is 4. The van der Waals surface area contributed by atoms with E-state index in [9.17, 15) is 5.11 Å². The van der Waals surface area contributed by atoms with E-state index < -0.39 is 0 Å². The molecule has 0 aromatic carbocycles. The Labute approximate surface area is 96.1 Å². The highest BCUT2D eigenvalue weighted by Gasteiger charge is 2.24. The minimum atomic E-state index is 0.261. The smallest absolute Gasteiger partial charge is 0.148 e. The van der Waals surface area contributed by atoms with Crippen LogP contribution in [-0.4, -0.2) is 28.0 Å². The topological polar surface area (TPSA) is 58.0 Å². The van der Waals surface area contributed by atoms with Gasteiger partial charge in [-0.15, -0.1) is 5.10 Å². The van der Waals surface area contributed by atoms with Crippen molar-refractivity contribution in [2.75, 3.05) is 11.9 Å². The first kappa shape index (κ1) is 11.3. The van der Waals surface area contributed by atoms with Gasteiger partial charge in [0, 0.05) is 18.6 Å². The lowest BCUT2D eigenvalue weighted by molar-refractivity contribution is 0.178. The van der Waals surface area contributed by atoms with E-state index in [4.69, 9.17) is 0 Å². The van der Waals surface area contributed by atoms with Gasteiger partial charge in [-0.05, 0) is 31.9 Å². The summed E-state index contributed by atoms with van der Waals surface area (Å²) in [6, 6.07) is 4.24. The molecule has 4 nitrogen and oxygen atoms in total. The molecular weight excluding hydrogens is 202 g/mol. The molecule has 0 bridgehead atoms. The van der Waals surface area contributed by atoms with Gasteiger partial charge < -0.3 is 10.4 Å². The number of nitrogens with one attached hydrogen (secondary N) is 1. The molecule has 1 aliphatic carbocycles. The van der Waals surface area contributed by atoms with Crippen molar-refractivity contribution in [1.82, 2.24) is 10.2 Å². The lowest BCUT2D eigenvalue weighted by atomic mass is 9.85. The quantitative estimate of drug-likeness (QED) is 0.816. The van der Waals surface area contributed by atoms with Crippen LogP contribution in [0.1, 0.15) is 31.4 Å². The number of aromatic nitrogens is 2. The molecule has 1 aromatic rings. The Bertz CT molecular complexity index is 326. The van der Waals surface area contributed by atoms with Gasteiger partial charge in [0.2, 0.25) is 0 Å². The molecule has 1 fully saturated rings. The summed E-state index contributed by atoms with van der Waals surface area (Å²) in [6.45, 7) is 2.19. The Kier molecular flexibility index (Phi) is 3.72. The summed E-state index contributed by atoms with van der Waals surface area (Å²) in [5.41, 5.74) is 0.924. The Morgan fingerprint density at radius 3 is 2.81 bits per heavy atom. The lowest BCUT2D eigenvalue weighted by Crippen LogP contribution is -2.34. The number of aliphatic hydroxyl groups is 1. The van der Waals surface area contributed by atoms with Crippen molar-refractivity contribution in [2.24, 2.45) is 5.92 Å². The second-order valence-electron chi connectivity index (χ2n) is 4.54. The van der Waals surface area contributed by atoms with E-state index in [1.807, 2.05) is 19.1 Å². The van der Waals surface area contributed by atoms with E-state index in [0.717, 1.165) is 24.4 Å². The van der Waals surface area contributed by atoms with Crippen molar-refractivity contribution in [3.8, 4) is 0 Å². The van der Waals surface area contributed by atoms with Crippen LogP contribution in [0.15, 0.2) is 12.1 Å². The van der Waals surface area contributed by atoms with E-state index in [1.54, 1.807) is 0 Å². The maximum atomic E-state index is 9.31. The molecule has 2 unspecified atom stereocenters. The minimum Gasteiger partial charge on any atom is -0.396 e. The van der Waals surface area contributed by atoms with Crippen LogP contribution in [0.3, 0.4) is 0 Å². The van der Waals surface area contributed by atoms with E-state index in [1.165, 1.54) is 12.8 Å². The van der Waals surface area contributed by atoms with Crippen molar-refractivity contribution in [2.45, 2.75) is 38.6 Å². The molecule has 0 radical (unpaired) electrons. The minimum absolute atomic E-state index is 0.261. The van der Waals surface area contributed by atoms with Crippen molar-refractivity contribution in [1.29, 1.82) is 0 Å². The molecule has 88 valence electrons. The molecule has 16 heavy (non-hydrogen) atoms. The van der Waals surface area contributed by atoms with Gasteiger partial charge in [0.25, 0.3) is 0 Å². The maximum absolute atomic E-state index is 9.31. The molecule has 2 atom stereocenters. The highest BCUT2D eigenvalue weighted by molar-refractivity contribution is 5.34. The van der Waals surface area contributed by atoms with E-state index in [0.29, 0.717) is 12.0 Å². The Morgan fingerprint density at radius 1 is 1.31 bits per heavy atom. The van der Waals surface area contributed by atoms with Crippen molar-refractivity contribution in [3.63, 3.8) is 0 Å². The zero-order chi connectivity index (χ0) is 11.4. The molecule has 2 N–H and O–H groups in total. The summed E-state index contributed by atoms with van der Waals surface area (Å²) in [6.07, 6.45) is 4.67. The fraction of sp³-hybridized carbons (Fsp3) is 0.667. The number of rotatable bonds is 3. The predicted octanol–water partition coefficient (Wildman–Crippen LogP) is 1.75. The first-order valence-corrected chi connectivity index (χ1v) is 5.97. The molecule has 0 saturated heterocycles. The molecule has 0 spiro atoms. The summed E-state index contributed by atoms with van der Waals surface area (Å²) in [5, 5.41) is 20.8. The average molecular weight is 221 g/mol. The van der Waals surface area contributed by atoms with Gasteiger partial charge in [0.05, 0.1) is 5.69 Å². The normalized spacial score (nSPS) is 25.4. The van der Waals surface area contributed by atoms with Crippen molar-refractivity contribution < 1.29 is 5.11 Å². The van der Waals surface area contributed by atoms with Crippen LogP contribution in [0.5, 0.6) is 0 Å². The van der Waals surface area contributed by atoms with Crippen LogP contribution in [0.4, 0.5) is 5.82 Å². The first-order chi connectivity index (χ1) is 7.79. The molecule has 2 rings (SSSR count). The molecule has 0 aliphatic heterocycles. The Balaban J connectivity index is 1.99. The number of aliphatic hydroxyl groups excluding tert-OH is 1. The molecule has 0 amide bonds. The highest BCUT2D eigenvalue weighted by atomic mass is 16.3. The van der Waals surface area contributed by atoms with Crippen LogP contribution in [-0.2, 0) is 0 Å². The van der Waals surface area contributed by atoms with Gasteiger partial charge >= 0.3 is 0 Å². The lowest BCUT2D eigenvalue weighted by Gasteiger charge is -2.31. The Morgan fingerprint density at radius 2 is 2.12 bits per heavy atom. The van der Waals surface area contributed by atoms with E-state index in [-0.39, 0.29) is 6.61 Å².